The van der Waals surface area contributed by atoms with Crippen LogP contribution in [0.3, 0.4) is 0 Å². The van der Waals surface area contributed by atoms with Crippen LogP contribution in [-0.2, 0) is 0 Å². The fraction of sp³-hybridized carbons (Fsp3) is 0.353. The number of nitrogens with one attached hydrogen (secondary N) is 1. The van der Waals surface area contributed by atoms with Crippen LogP contribution in [0.5, 0.6) is 0 Å². The standard InChI is InChI=1S/C17H19N5O/c23-15-4-2-1-3-13(15)20-16-5-6-17-19-11-14(22(17)21-16)12-7-9-18-10-8-12/h5-11,13,15,23H,1-4H2,(H,20,21)/t13-,15+/m1/s1. The first kappa shape index (κ1) is 14.1. The van der Waals surface area contributed by atoms with Gasteiger partial charge < -0.3 is 10.4 Å². The van der Waals surface area contributed by atoms with Crippen LogP contribution in [0.1, 0.15) is 25.7 Å². The van der Waals surface area contributed by atoms with Gasteiger partial charge in [0.15, 0.2) is 5.65 Å². The fourth-order valence-electron chi connectivity index (χ4n) is 3.14. The number of anilines is 1. The van der Waals surface area contributed by atoms with Gasteiger partial charge in [-0.15, -0.1) is 5.10 Å². The summed E-state index contributed by atoms with van der Waals surface area (Å²) < 4.78 is 1.83. The van der Waals surface area contributed by atoms with E-state index in [0.29, 0.717) is 0 Å². The highest BCUT2D eigenvalue weighted by Crippen LogP contribution is 2.23. The largest absolute Gasteiger partial charge is 0.391 e. The van der Waals surface area contributed by atoms with E-state index in [1.807, 2.05) is 35.0 Å². The molecular formula is C17H19N5O. The average Bonchev–Trinajstić information content (AvgIpc) is 3.01. The second-order valence-electron chi connectivity index (χ2n) is 5.97. The summed E-state index contributed by atoms with van der Waals surface area (Å²) >= 11 is 0. The Labute approximate surface area is 134 Å². The zero-order valence-electron chi connectivity index (χ0n) is 12.8. The van der Waals surface area contributed by atoms with Crippen molar-refractivity contribution >= 4 is 11.5 Å². The predicted molar refractivity (Wildman–Crippen MR) is 88.1 cm³/mol. The summed E-state index contributed by atoms with van der Waals surface area (Å²) in [6, 6.07) is 7.81. The number of nitrogens with zero attached hydrogens (tertiary/aromatic N) is 4. The lowest BCUT2D eigenvalue weighted by Crippen LogP contribution is -2.36. The predicted octanol–water partition coefficient (Wildman–Crippen LogP) is 2.51. The molecule has 3 heterocycles. The zero-order chi connectivity index (χ0) is 15.6. The van der Waals surface area contributed by atoms with Gasteiger partial charge in [0.05, 0.1) is 24.0 Å². The quantitative estimate of drug-likeness (QED) is 0.777. The summed E-state index contributed by atoms with van der Waals surface area (Å²) in [5.41, 5.74) is 2.75. The van der Waals surface area contributed by atoms with Crippen molar-refractivity contribution in [2.24, 2.45) is 0 Å². The van der Waals surface area contributed by atoms with Crippen molar-refractivity contribution in [2.45, 2.75) is 37.8 Å². The Morgan fingerprint density at radius 1 is 1.09 bits per heavy atom. The molecule has 1 fully saturated rings. The van der Waals surface area contributed by atoms with Crippen LogP contribution >= 0.6 is 0 Å². The summed E-state index contributed by atoms with van der Waals surface area (Å²) in [7, 11) is 0. The second-order valence-corrected chi connectivity index (χ2v) is 5.97. The number of aliphatic hydroxyl groups excluding tert-OH is 1. The lowest BCUT2D eigenvalue weighted by Gasteiger charge is -2.28. The zero-order valence-corrected chi connectivity index (χ0v) is 12.8. The third-order valence-electron chi connectivity index (χ3n) is 4.40. The van der Waals surface area contributed by atoms with Gasteiger partial charge in [-0.3, -0.25) is 4.98 Å². The molecular weight excluding hydrogens is 290 g/mol. The molecule has 0 radical (unpaired) electrons. The van der Waals surface area contributed by atoms with Gasteiger partial charge in [0.2, 0.25) is 0 Å². The lowest BCUT2D eigenvalue weighted by molar-refractivity contribution is 0.116. The molecule has 2 N–H and O–H groups in total. The van der Waals surface area contributed by atoms with Gasteiger partial charge in [-0.1, -0.05) is 12.8 Å². The van der Waals surface area contributed by atoms with Crippen molar-refractivity contribution in [1.82, 2.24) is 19.6 Å². The normalized spacial score (nSPS) is 21.4. The number of rotatable bonds is 3. The minimum absolute atomic E-state index is 0.0709. The molecule has 0 bridgehead atoms. The van der Waals surface area contributed by atoms with Crippen LogP contribution in [0.2, 0.25) is 0 Å². The average molecular weight is 309 g/mol. The van der Waals surface area contributed by atoms with E-state index in [0.717, 1.165) is 48.4 Å². The van der Waals surface area contributed by atoms with Crippen LogP contribution in [0, 0.1) is 0 Å². The maximum Gasteiger partial charge on any atom is 0.154 e. The second kappa shape index (κ2) is 5.96. The maximum absolute atomic E-state index is 10.1. The van der Waals surface area contributed by atoms with Gasteiger partial charge in [-0.05, 0) is 37.1 Å². The minimum atomic E-state index is -0.302. The molecule has 23 heavy (non-hydrogen) atoms. The Morgan fingerprint density at radius 3 is 2.74 bits per heavy atom. The van der Waals surface area contributed by atoms with Crippen LogP contribution in [-0.4, -0.2) is 36.8 Å². The molecule has 0 aliphatic heterocycles. The number of imidazole rings is 1. The Kier molecular flexibility index (Phi) is 3.67. The Bertz CT molecular complexity index is 801. The first-order valence-electron chi connectivity index (χ1n) is 8.01. The van der Waals surface area contributed by atoms with E-state index in [1.165, 1.54) is 0 Å². The van der Waals surface area contributed by atoms with Gasteiger partial charge in [-0.25, -0.2) is 9.50 Å². The van der Waals surface area contributed by atoms with E-state index in [-0.39, 0.29) is 12.1 Å². The third kappa shape index (κ3) is 2.77. The molecule has 6 heteroatoms. The van der Waals surface area contributed by atoms with Crippen molar-refractivity contribution in [3.05, 3.63) is 42.9 Å². The summed E-state index contributed by atoms with van der Waals surface area (Å²) in [6.45, 7) is 0. The number of pyridine rings is 1. The van der Waals surface area contributed by atoms with E-state index in [4.69, 9.17) is 0 Å². The van der Waals surface area contributed by atoms with Gasteiger partial charge in [0.1, 0.15) is 5.82 Å². The van der Waals surface area contributed by atoms with Crippen LogP contribution < -0.4 is 5.32 Å². The number of aliphatic hydroxyl groups is 1. The summed E-state index contributed by atoms with van der Waals surface area (Å²) in [5, 5.41) is 18.1. The Morgan fingerprint density at radius 2 is 1.91 bits per heavy atom. The monoisotopic (exact) mass is 309 g/mol. The molecule has 0 saturated heterocycles. The molecule has 6 nitrogen and oxygen atoms in total. The molecule has 0 spiro atoms. The highest BCUT2D eigenvalue weighted by Gasteiger charge is 2.23. The van der Waals surface area contributed by atoms with Crippen molar-refractivity contribution in [1.29, 1.82) is 0 Å². The number of hydrogen-bond acceptors (Lipinski definition) is 5. The molecule has 0 amide bonds. The molecule has 1 saturated carbocycles. The molecule has 3 aromatic rings. The van der Waals surface area contributed by atoms with E-state index in [2.05, 4.69) is 20.4 Å². The third-order valence-corrected chi connectivity index (χ3v) is 4.40. The number of hydrogen-bond donors (Lipinski definition) is 2. The van der Waals surface area contributed by atoms with Crippen molar-refractivity contribution < 1.29 is 5.11 Å². The van der Waals surface area contributed by atoms with E-state index < -0.39 is 0 Å². The van der Waals surface area contributed by atoms with Gasteiger partial charge in [0.25, 0.3) is 0 Å². The van der Waals surface area contributed by atoms with E-state index in [1.54, 1.807) is 12.4 Å². The molecule has 0 aromatic carbocycles. The highest BCUT2D eigenvalue weighted by atomic mass is 16.3. The number of fused-ring (bicyclic) bond motifs is 1. The fourth-order valence-corrected chi connectivity index (χ4v) is 3.14. The highest BCUT2D eigenvalue weighted by molar-refractivity contribution is 5.63. The molecule has 3 aromatic heterocycles. The van der Waals surface area contributed by atoms with Crippen molar-refractivity contribution in [2.75, 3.05) is 5.32 Å². The summed E-state index contributed by atoms with van der Waals surface area (Å²) in [5.74, 6) is 0.761. The molecule has 1 aliphatic rings. The van der Waals surface area contributed by atoms with Crippen LogP contribution in [0.4, 0.5) is 5.82 Å². The summed E-state index contributed by atoms with van der Waals surface area (Å²) in [6.07, 6.45) is 9.10. The van der Waals surface area contributed by atoms with Crippen LogP contribution in [0.15, 0.2) is 42.9 Å². The topological polar surface area (TPSA) is 75.3 Å². The molecule has 1 aliphatic carbocycles. The minimum Gasteiger partial charge on any atom is -0.391 e. The molecule has 4 rings (SSSR count). The Balaban J connectivity index is 1.67. The van der Waals surface area contributed by atoms with Crippen molar-refractivity contribution in [3.63, 3.8) is 0 Å². The first-order chi connectivity index (χ1) is 11.3. The van der Waals surface area contributed by atoms with E-state index >= 15 is 0 Å². The van der Waals surface area contributed by atoms with Gasteiger partial charge in [0, 0.05) is 18.0 Å². The maximum atomic E-state index is 10.1. The van der Waals surface area contributed by atoms with E-state index in [9.17, 15) is 5.11 Å². The van der Waals surface area contributed by atoms with Crippen molar-refractivity contribution in [3.8, 4) is 11.3 Å². The first-order valence-corrected chi connectivity index (χ1v) is 8.01. The Hall–Kier alpha value is -2.47. The summed E-state index contributed by atoms with van der Waals surface area (Å²) in [4.78, 5) is 8.45. The smallest absolute Gasteiger partial charge is 0.154 e. The SMILES string of the molecule is O[C@H]1CCCC[C@H]1Nc1ccc2ncc(-c3ccncc3)n2n1. The van der Waals surface area contributed by atoms with Gasteiger partial charge in [-0.2, -0.15) is 0 Å². The number of aromatic nitrogens is 4. The molecule has 2 atom stereocenters. The van der Waals surface area contributed by atoms with Crippen LogP contribution in [0.25, 0.3) is 16.9 Å². The molecule has 118 valence electrons. The van der Waals surface area contributed by atoms with Gasteiger partial charge >= 0.3 is 0 Å². The molecule has 0 unspecified atom stereocenters. The lowest BCUT2D eigenvalue weighted by atomic mass is 9.93.